The fourth-order valence-electron chi connectivity index (χ4n) is 1.99. The lowest BCUT2D eigenvalue weighted by molar-refractivity contribution is 0.00578. The molecule has 19 heavy (non-hydrogen) atoms. The molecular formula is C14H25BN2O2. The van der Waals surface area contributed by atoms with E-state index in [2.05, 4.69) is 46.6 Å². The predicted molar refractivity (Wildman–Crippen MR) is 77.4 cm³/mol. The third-order valence-corrected chi connectivity index (χ3v) is 4.11. The van der Waals surface area contributed by atoms with Crippen LogP contribution in [0.4, 0.5) is 0 Å². The van der Waals surface area contributed by atoms with Gasteiger partial charge in [-0.2, -0.15) is 5.10 Å². The van der Waals surface area contributed by atoms with Crippen molar-refractivity contribution in [1.82, 2.24) is 9.78 Å². The quantitative estimate of drug-likeness (QED) is 0.782. The Bertz CT molecular complexity index is 424. The largest absolute Gasteiger partial charge is 0.498 e. The number of rotatable bonds is 4. The minimum Gasteiger partial charge on any atom is -0.399 e. The van der Waals surface area contributed by atoms with Gasteiger partial charge < -0.3 is 9.31 Å². The lowest BCUT2D eigenvalue weighted by Gasteiger charge is -2.32. The van der Waals surface area contributed by atoms with Crippen LogP contribution in [0.25, 0.3) is 0 Å². The van der Waals surface area contributed by atoms with Gasteiger partial charge in [0.25, 0.3) is 0 Å². The maximum absolute atomic E-state index is 6.01. The van der Waals surface area contributed by atoms with E-state index in [1.807, 2.05) is 17.1 Å². The van der Waals surface area contributed by atoms with Gasteiger partial charge in [-0.15, -0.1) is 0 Å². The van der Waals surface area contributed by atoms with E-state index in [0.717, 1.165) is 18.4 Å². The second kappa shape index (κ2) is 4.95. The Morgan fingerprint density at radius 2 is 1.79 bits per heavy atom. The van der Waals surface area contributed by atoms with Crippen molar-refractivity contribution in [2.45, 2.75) is 65.7 Å². The molecule has 1 aliphatic rings. The summed E-state index contributed by atoms with van der Waals surface area (Å²) in [4.78, 5) is 0. The van der Waals surface area contributed by atoms with Gasteiger partial charge in [0.2, 0.25) is 0 Å². The van der Waals surface area contributed by atoms with Gasteiger partial charge >= 0.3 is 7.12 Å². The van der Waals surface area contributed by atoms with Gasteiger partial charge in [0, 0.05) is 24.4 Å². The fourth-order valence-corrected chi connectivity index (χ4v) is 1.99. The Morgan fingerprint density at radius 1 is 1.21 bits per heavy atom. The molecule has 106 valence electrons. The number of hydrogen-bond donors (Lipinski definition) is 0. The van der Waals surface area contributed by atoms with Crippen LogP contribution in [-0.2, 0) is 15.9 Å². The minimum atomic E-state index is -0.308. The summed E-state index contributed by atoms with van der Waals surface area (Å²) in [5, 5.41) is 4.38. The van der Waals surface area contributed by atoms with Gasteiger partial charge in [-0.3, -0.25) is 4.68 Å². The highest BCUT2D eigenvalue weighted by atomic mass is 16.7. The van der Waals surface area contributed by atoms with Crippen molar-refractivity contribution in [2.24, 2.45) is 5.92 Å². The van der Waals surface area contributed by atoms with Gasteiger partial charge in [0.05, 0.1) is 11.2 Å². The SMILES string of the molecule is CC(C)CCn1cc(B2OC(C)(C)C(C)(C)O2)cn1. The van der Waals surface area contributed by atoms with E-state index in [9.17, 15) is 0 Å². The molecule has 0 N–H and O–H groups in total. The molecule has 0 aromatic carbocycles. The Morgan fingerprint density at radius 3 is 2.32 bits per heavy atom. The average Bonchev–Trinajstić information content (AvgIpc) is 2.79. The summed E-state index contributed by atoms with van der Waals surface area (Å²) in [5.41, 5.74) is 0.414. The standard InChI is InChI=1S/C14H25BN2O2/c1-11(2)7-8-17-10-12(9-16-17)15-18-13(3,4)14(5,6)19-15/h9-11H,7-8H2,1-6H3. The van der Waals surface area contributed by atoms with E-state index < -0.39 is 0 Å². The highest BCUT2D eigenvalue weighted by Crippen LogP contribution is 2.36. The third-order valence-electron chi connectivity index (χ3n) is 4.11. The van der Waals surface area contributed by atoms with Crippen molar-refractivity contribution >= 4 is 12.6 Å². The first kappa shape index (κ1) is 14.6. The van der Waals surface area contributed by atoms with E-state index >= 15 is 0 Å². The summed E-state index contributed by atoms with van der Waals surface area (Å²) in [5.74, 6) is 0.685. The lowest BCUT2D eigenvalue weighted by atomic mass is 9.82. The molecule has 0 aliphatic carbocycles. The first-order valence-electron chi connectivity index (χ1n) is 7.09. The molecule has 2 heterocycles. The van der Waals surface area contributed by atoms with Crippen LogP contribution in [0.1, 0.15) is 48.0 Å². The third kappa shape index (κ3) is 3.03. The molecule has 0 spiro atoms. The van der Waals surface area contributed by atoms with Crippen molar-refractivity contribution in [2.75, 3.05) is 0 Å². The van der Waals surface area contributed by atoms with Gasteiger partial charge in [-0.1, -0.05) is 13.8 Å². The highest BCUT2D eigenvalue weighted by molar-refractivity contribution is 6.61. The zero-order valence-corrected chi connectivity index (χ0v) is 12.9. The first-order valence-corrected chi connectivity index (χ1v) is 7.09. The van der Waals surface area contributed by atoms with Crippen LogP contribution in [-0.4, -0.2) is 28.1 Å². The van der Waals surface area contributed by atoms with E-state index in [1.54, 1.807) is 0 Å². The monoisotopic (exact) mass is 264 g/mol. The van der Waals surface area contributed by atoms with E-state index in [4.69, 9.17) is 9.31 Å². The summed E-state index contributed by atoms with van der Waals surface area (Å²) in [6.07, 6.45) is 5.01. The normalized spacial score (nSPS) is 21.3. The molecule has 4 nitrogen and oxygen atoms in total. The molecule has 0 atom stereocenters. The molecule has 0 unspecified atom stereocenters. The zero-order chi connectivity index (χ0) is 14.3. The van der Waals surface area contributed by atoms with Gasteiger partial charge in [0.1, 0.15) is 0 Å². The second-order valence-electron chi connectivity index (χ2n) is 6.81. The molecular weight excluding hydrogens is 239 g/mol. The van der Waals surface area contributed by atoms with Crippen molar-refractivity contribution in [1.29, 1.82) is 0 Å². The molecule has 1 aromatic heterocycles. The summed E-state index contributed by atoms with van der Waals surface area (Å²) in [6.45, 7) is 13.6. The smallest absolute Gasteiger partial charge is 0.399 e. The molecule has 5 heteroatoms. The maximum atomic E-state index is 6.01. The van der Waals surface area contributed by atoms with Gasteiger partial charge in [0.15, 0.2) is 0 Å². The Balaban J connectivity index is 2.04. The number of aromatic nitrogens is 2. The Hall–Kier alpha value is -0.805. The highest BCUT2D eigenvalue weighted by Gasteiger charge is 2.52. The molecule has 0 amide bonds. The summed E-state index contributed by atoms with van der Waals surface area (Å²) < 4.78 is 14.0. The molecule has 0 saturated carbocycles. The Labute approximate surface area is 116 Å². The Kier molecular flexibility index (Phi) is 3.80. The van der Waals surface area contributed by atoms with Crippen LogP contribution in [0.15, 0.2) is 12.4 Å². The van der Waals surface area contributed by atoms with Crippen molar-refractivity contribution < 1.29 is 9.31 Å². The number of hydrogen-bond acceptors (Lipinski definition) is 3. The lowest BCUT2D eigenvalue weighted by Crippen LogP contribution is -2.41. The predicted octanol–water partition coefficient (Wildman–Crippen LogP) is 2.23. The number of nitrogens with zero attached hydrogens (tertiary/aromatic N) is 2. The van der Waals surface area contributed by atoms with Crippen LogP contribution in [0.2, 0.25) is 0 Å². The summed E-state index contributed by atoms with van der Waals surface area (Å²) in [6, 6.07) is 0. The molecule has 0 bridgehead atoms. The van der Waals surface area contributed by atoms with E-state index in [0.29, 0.717) is 5.92 Å². The maximum Gasteiger partial charge on any atom is 0.498 e. The molecule has 1 saturated heterocycles. The van der Waals surface area contributed by atoms with Crippen LogP contribution >= 0.6 is 0 Å². The molecule has 1 fully saturated rings. The first-order chi connectivity index (χ1) is 8.71. The molecule has 2 rings (SSSR count). The van der Waals surface area contributed by atoms with Crippen LogP contribution in [0.5, 0.6) is 0 Å². The van der Waals surface area contributed by atoms with Crippen molar-refractivity contribution in [3.8, 4) is 0 Å². The van der Waals surface area contributed by atoms with Crippen LogP contribution in [0.3, 0.4) is 0 Å². The summed E-state index contributed by atoms with van der Waals surface area (Å²) >= 11 is 0. The molecule has 0 radical (unpaired) electrons. The minimum absolute atomic E-state index is 0.294. The zero-order valence-electron chi connectivity index (χ0n) is 12.9. The van der Waals surface area contributed by atoms with Crippen molar-refractivity contribution in [3.63, 3.8) is 0 Å². The van der Waals surface area contributed by atoms with Crippen molar-refractivity contribution in [3.05, 3.63) is 12.4 Å². The average molecular weight is 264 g/mol. The summed E-state index contributed by atoms with van der Waals surface area (Å²) in [7, 11) is -0.308. The van der Waals surface area contributed by atoms with Gasteiger partial charge in [-0.25, -0.2) is 0 Å². The van der Waals surface area contributed by atoms with E-state index in [1.165, 1.54) is 0 Å². The van der Waals surface area contributed by atoms with Crippen LogP contribution < -0.4 is 5.46 Å². The fraction of sp³-hybridized carbons (Fsp3) is 0.786. The van der Waals surface area contributed by atoms with Crippen LogP contribution in [0, 0.1) is 5.92 Å². The molecule has 1 aromatic rings. The van der Waals surface area contributed by atoms with Gasteiger partial charge in [-0.05, 0) is 40.0 Å². The van der Waals surface area contributed by atoms with E-state index in [-0.39, 0.29) is 18.3 Å². The molecule has 1 aliphatic heterocycles. The topological polar surface area (TPSA) is 36.3 Å². The second-order valence-corrected chi connectivity index (χ2v) is 6.81. The number of aryl methyl sites for hydroxylation is 1.